The number of aryl methyl sites for hydroxylation is 1. The number of hydrogen-bond donors (Lipinski definition) is 2. The van der Waals surface area contributed by atoms with Crippen LogP contribution in [0.1, 0.15) is 18.1 Å². The molecule has 0 aliphatic heterocycles. The highest BCUT2D eigenvalue weighted by molar-refractivity contribution is 7.80. The van der Waals surface area contributed by atoms with Crippen LogP contribution in [0.15, 0.2) is 36.4 Å². The number of anilines is 1. The molecule has 0 aliphatic rings. The van der Waals surface area contributed by atoms with Gasteiger partial charge in [0.2, 0.25) is 0 Å². The Labute approximate surface area is 163 Å². The predicted octanol–water partition coefficient (Wildman–Crippen LogP) is 3.70. The first kappa shape index (κ1) is 20.4. The number of nitrogens with zero attached hydrogens (tertiary/aromatic N) is 1. The van der Waals surface area contributed by atoms with E-state index in [4.69, 9.17) is 21.7 Å². The van der Waals surface area contributed by atoms with Gasteiger partial charge in [-0.1, -0.05) is 19.1 Å². The number of thiocarbonyl (C=S) groups is 1. The Balaban J connectivity index is 2.01. The van der Waals surface area contributed by atoms with Crippen molar-refractivity contribution in [2.75, 3.05) is 26.1 Å². The maximum Gasteiger partial charge on any atom is 0.276 e. The van der Waals surface area contributed by atoms with Gasteiger partial charge in [-0.3, -0.25) is 10.1 Å². The number of nitrogens with one attached hydrogen (secondary N) is 2. The standard InChI is InChI=1S/C19H23N3O4S/c1-4-13-6-5-7-15(10-13)21-19(27)20-9-8-14-11-17(25-2)18(26-3)12-16(14)22(23)24/h5-7,10-12H,4,8-9H2,1-3H3,(H2,20,21,27). The van der Waals surface area contributed by atoms with E-state index in [1.165, 1.54) is 25.8 Å². The molecule has 0 saturated heterocycles. The van der Waals surface area contributed by atoms with E-state index in [-0.39, 0.29) is 5.69 Å². The lowest BCUT2D eigenvalue weighted by Crippen LogP contribution is -2.30. The van der Waals surface area contributed by atoms with Crippen LogP contribution in [0.5, 0.6) is 11.5 Å². The third-order valence-electron chi connectivity index (χ3n) is 4.05. The Hall–Kier alpha value is -2.87. The zero-order chi connectivity index (χ0) is 19.8. The molecule has 0 aliphatic carbocycles. The van der Waals surface area contributed by atoms with Gasteiger partial charge in [0.1, 0.15) is 0 Å². The molecule has 0 atom stereocenters. The SMILES string of the molecule is CCc1cccc(NC(=S)NCCc2cc(OC)c(OC)cc2[N+](=O)[O-])c1. The second-order valence-electron chi connectivity index (χ2n) is 5.78. The average molecular weight is 389 g/mol. The molecule has 0 spiro atoms. The Morgan fingerprint density at radius 3 is 2.52 bits per heavy atom. The van der Waals surface area contributed by atoms with Crippen molar-refractivity contribution in [3.8, 4) is 11.5 Å². The molecule has 2 aromatic rings. The summed E-state index contributed by atoms with van der Waals surface area (Å²) in [5.74, 6) is 0.782. The highest BCUT2D eigenvalue weighted by atomic mass is 32.1. The van der Waals surface area contributed by atoms with Gasteiger partial charge in [0.15, 0.2) is 16.6 Å². The Kier molecular flexibility index (Phi) is 7.36. The van der Waals surface area contributed by atoms with Crippen LogP contribution in [-0.2, 0) is 12.8 Å². The zero-order valence-corrected chi connectivity index (χ0v) is 16.4. The molecule has 2 rings (SSSR count). The number of benzene rings is 2. The van der Waals surface area contributed by atoms with Gasteiger partial charge in [-0.15, -0.1) is 0 Å². The van der Waals surface area contributed by atoms with E-state index in [2.05, 4.69) is 23.6 Å². The van der Waals surface area contributed by atoms with Gasteiger partial charge in [-0.25, -0.2) is 0 Å². The van der Waals surface area contributed by atoms with Crippen molar-refractivity contribution in [2.24, 2.45) is 0 Å². The molecule has 2 N–H and O–H groups in total. The summed E-state index contributed by atoms with van der Waals surface area (Å²) < 4.78 is 10.4. The monoisotopic (exact) mass is 389 g/mol. The normalized spacial score (nSPS) is 10.2. The second kappa shape index (κ2) is 9.72. The lowest BCUT2D eigenvalue weighted by Gasteiger charge is -2.13. The van der Waals surface area contributed by atoms with Gasteiger partial charge in [-0.2, -0.15) is 0 Å². The molecule has 0 bridgehead atoms. The summed E-state index contributed by atoms with van der Waals surface area (Å²) in [5, 5.41) is 18.0. The first-order chi connectivity index (χ1) is 13.0. The number of nitro groups is 1. The first-order valence-electron chi connectivity index (χ1n) is 8.51. The average Bonchev–Trinajstić information content (AvgIpc) is 2.67. The van der Waals surface area contributed by atoms with E-state index in [1.807, 2.05) is 18.2 Å². The van der Waals surface area contributed by atoms with E-state index < -0.39 is 4.92 Å². The highest BCUT2D eigenvalue weighted by Gasteiger charge is 2.19. The van der Waals surface area contributed by atoms with Gasteiger partial charge in [0.25, 0.3) is 5.69 Å². The summed E-state index contributed by atoms with van der Waals surface area (Å²) in [6.07, 6.45) is 1.35. The summed E-state index contributed by atoms with van der Waals surface area (Å²) in [6, 6.07) is 11.0. The lowest BCUT2D eigenvalue weighted by atomic mass is 10.1. The molecule has 0 unspecified atom stereocenters. The topological polar surface area (TPSA) is 85.7 Å². The maximum absolute atomic E-state index is 11.3. The molecule has 27 heavy (non-hydrogen) atoms. The summed E-state index contributed by atoms with van der Waals surface area (Å²) >= 11 is 5.30. The number of nitro benzene ring substituents is 1. The van der Waals surface area contributed by atoms with Crippen LogP contribution in [0.3, 0.4) is 0 Å². The summed E-state index contributed by atoms with van der Waals surface area (Å²) in [7, 11) is 2.94. The Bertz CT molecular complexity index is 827. The molecule has 144 valence electrons. The molecule has 0 radical (unpaired) electrons. The van der Waals surface area contributed by atoms with Crippen LogP contribution in [0, 0.1) is 10.1 Å². The zero-order valence-electron chi connectivity index (χ0n) is 15.6. The van der Waals surface area contributed by atoms with Gasteiger partial charge in [0, 0.05) is 17.8 Å². The molecular weight excluding hydrogens is 366 g/mol. The molecule has 0 amide bonds. The van der Waals surface area contributed by atoms with Crippen molar-refractivity contribution in [3.05, 3.63) is 57.6 Å². The molecule has 0 saturated carbocycles. The smallest absolute Gasteiger partial charge is 0.276 e. The van der Waals surface area contributed by atoms with Crippen LogP contribution < -0.4 is 20.1 Å². The summed E-state index contributed by atoms with van der Waals surface area (Å²) in [5.41, 5.74) is 2.65. The number of hydrogen-bond acceptors (Lipinski definition) is 5. The number of methoxy groups -OCH3 is 2. The molecule has 7 nitrogen and oxygen atoms in total. The van der Waals surface area contributed by atoms with E-state index in [1.54, 1.807) is 6.07 Å². The van der Waals surface area contributed by atoms with Gasteiger partial charge < -0.3 is 20.1 Å². The van der Waals surface area contributed by atoms with E-state index in [9.17, 15) is 10.1 Å². The van der Waals surface area contributed by atoms with Gasteiger partial charge >= 0.3 is 0 Å². The van der Waals surface area contributed by atoms with E-state index in [0.717, 1.165) is 12.1 Å². The lowest BCUT2D eigenvalue weighted by molar-refractivity contribution is -0.385. The molecule has 0 aromatic heterocycles. The summed E-state index contributed by atoms with van der Waals surface area (Å²) in [4.78, 5) is 10.9. The van der Waals surface area contributed by atoms with Crippen LogP contribution in [0.25, 0.3) is 0 Å². The minimum atomic E-state index is -0.426. The largest absolute Gasteiger partial charge is 0.493 e. The van der Waals surface area contributed by atoms with Crippen LogP contribution >= 0.6 is 12.2 Å². The van der Waals surface area contributed by atoms with Crippen molar-refractivity contribution in [2.45, 2.75) is 19.8 Å². The fourth-order valence-corrected chi connectivity index (χ4v) is 2.86. The second-order valence-corrected chi connectivity index (χ2v) is 6.19. The minimum absolute atomic E-state index is 0.0102. The van der Waals surface area contributed by atoms with Crippen molar-refractivity contribution in [3.63, 3.8) is 0 Å². The minimum Gasteiger partial charge on any atom is -0.493 e. The molecule has 2 aromatic carbocycles. The van der Waals surface area contributed by atoms with Gasteiger partial charge in [-0.05, 0) is 48.8 Å². The van der Waals surface area contributed by atoms with Crippen LogP contribution in [0.2, 0.25) is 0 Å². The molecular formula is C19H23N3O4S. The molecule has 8 heteroatoms. The maximum atomic E-state index is 11.3. The number of rotatable bonds is 8. The van der Waals surface area contributed by atoms with E-state index in [0.29, 0.717) is 35.1 Å². The molecule has 0 fully saturated rings. The van der Waals surface area contributed by atoms with Crippen LogP contribution in [-0.4, -0.2) is 30.8 Å². The number of ether oxygens (including phenoxy) is 2. The quantitative estimate of drug-likeness (QED) is 0.404. The van der Waals surface area contributed by atoms with Crippen molar-refractivity contribution in [1.29, 1.82) is 0 Å². The van der Waals surface area contributed by atoms with Crippen molar-refractivity contribution >= 4 is 28.7 Å². The summed E-state index contributed by atoms with van der Waals surface area (Å²) in [6.45, 7) is 2.53. The van der Waals surface area contributed by atoms with Crippen molar-refractivity contribution < 1.29 is 14.4 Å². The third-order valence-corrected chi connectivity index (χ3v) is 4.30. The predicted molar refractivity (Wildman–Crippen MR) is 110 cm³/mol. The van der Waals surface area contributed by atoms with Crippen LogP contribution in [0.4, 0.5) is 11.4 Å². The Morgan fingerprint density at radius 2 is 1.89 bits per heavy atom. The highest BCUT2D eigenvalue weighted by Crippen LogP contribution is 2.34. The fourth-order valence-electron chi connectivity index (χ4n) is 2.64. The Morgan fingerprint density at radius 1 is 1.19 bits per heavy atom. The molecule has 0 heterocycles. The third kappa shape index (κ3) is 5.55. The van der Waals surface area contributed by atoms with Gasteiger partial charge in [0.05, 0.1) is 25.2 Å². The van der Waals surface area contributed by atoms with Crippen molar-refractivity contribution in [1.82, 2.24) is 5.32 Å². The fraction of sp³-hybridized carbons (Fsp3) is 0.316. The first-order valence-corrected chi connectivity index (χ1v) is 8.92. The van der Waals surface area contributed by atoms with E-state index >= 15 is 0 Å².